The number of benzene rings is 3. The van der Waals surface area contributed by atoms with Crippen LogP contribution in [0.4, 0.5) is 4.79 Å². The van der Waals surface area contributed by atoms with Crippen LogP contribution in [0.1, 0.15) is 38.8 Å². The lowest BCUT2D eigenvalue weighted by Gasteiger charge is -2.30. The number of hydrogen-bond acceptors (Lipinski definition) is 5. The van der Waals surface area contributed by atoms with Gasteiger partial charge in [0, 0.05) is 18.2 Å². The van der Waals surface area contributed by atoms with Crippen molar-refractivity contribution in [3.63, 3.8) is 0 Å². The number of likely N-dealkylation sites (tertiary alicyclic amines) is 1. The first kappa shape index (κ1) is 25.7. The highest BCUT2D eigenvalue weighted by atomic mass is 32.4. The van der Waals surface area contributed by atoms with Crippen molar-refractivity contribution < 1.29 is 14.3 Å². The Kier molecular flexibility index (Phi) is 7.24. The van der Waals surface area contributed by atoms with E-state index in [1.54, 1.807) is 4.90 Å². The number of ether oxygens (including phenoxy) is 2. The normalized spacial score (nSPS) is 21.9. The Balaban J connectivity index is 1.53. The monoisotopic (exact) mass is 532 g/mol. The summed E-state index contributed by atoms with van der Waals surface area (Å²) in [6.07, 6.45) is 0.331. The van der Waals surface area contributed by atoms with Crippen LogP contribution in [-0.4, -0.2) is 47.3 Å². The van der Waals surface area contributed by atoms with Crippen LogP contribution in [0.3, 0.4) is 0 Å². The Bertz CT molecular complexity index is 1270. The molecule has 3 aromatic carbocycles. The molecule has 5 nitrogen and oxygen atoms in total. The van der Waals surface area contributed by atoms with E-state index < -0.39 is 11.6 Å². The Labute approximate surface area is 224 Å². The van der Waals surface area contributed by atoms with Crippen molar-refractivity contribution in [2.45, 2.75) is 50.5 Å². The number of carbonyl (C=O) groups is 1. The molecule has 0 aliphatic carbocycles. The molecule has 2 aliphatic heterocycles. The van der Waals surface area contributed by atoms with Gasteiger partial charge in [-0.05, 0) is 43.4 Å². The molecule has 0 saturated carbocycles. The fourth-order valence-corrected chi connectivity index (χ4v) is 9.59. The molecule has 0 unspecified atom stereocenters. The molecular weight excluding hydrogens is 499 g/mol. The molecule has 0 bridgehead atoms. The highest BCUT2D eigenvalue weighted by Gasteiger charge is 2.48. The van der Waals surface area contributed by atoms with E-state index in [1.165, 1.54) is 0 Å². The minimum absolute atomic E-state index is 0.0619. The lowest BCUT2D eigenvalue weighted by Crippen LogP contribution is -2.43. The highest BCUT2D eigenvalue weighted by Crippen LogP contribution is 2.53. The quantitative estimate of drug-likeness (QED) is 0.398. The van der Waals surface area contributed by atoms with Crippen LogP contribution in [-0.2, 0) is 21.3 Å². The van der Waals surface area contributed by atoms with Crippen molar-refractivity contribution in [3.8, 4) is 0 Å². The van der Waals surface area contributed by atoms with E-state index in [1.807, 2.05) is 75.4 Å². The number of aliphatic imine (C=N–C) groups is 1. The van der Waals surface area contributed by atoms with Gasteiger partial charge in [-0.25, -0.2) is 9.79 Å². The maximum Gasteiger partial charge on any atom is 0.410 e. The number of nitrogens with zero attached hydrogens (tertiary/aromatic N) is 2. The zero-order valence-electron chi connectivity index (χ0n) is 21.5. The van der Waals surface area contributed by atoms with E-state index in [0.717, 1.165) is 16.2 Å². The van der Waals surface area contributed by atoms with Crippen molar-refractivity contribution in [2.24, 2.45) is 4.99 Å². The number of hydrogen-bond donors (Lipinski definition) is 0. The summed E-state index contributed by atoms with van der Waals surface area (Å²) in [5.41, 5.74) is 0.561. The van der Waals surface area contributed by atoms with Gasteiger partial charge in [-0.3, -0.25) is 4.90 Å². The second-order valence-electron chi connectivity index (χ2n) is 10.6. The molecule has 5 rings (SSSR count). The first-order chi connectivity index (χ1) is 17.8. The molecule has 3 aromatic rings. The standard InChI is InChI=1S/C30H33N2O3PS/c1-30(2,3)35-29(33)32-20-25(19-27(32)28-31-26(21-34-28)22-13-7-4-8-14-22)36(37,23-15-9-5-10-16-23)24-17-11-6-12-18-24/h4-18,25-27H,19-21H2,1-3H3/t25-,26+,27-/m0/s1. The van der Waals surface area contributed by atoms with Crippen LogP contribution in [0.15, 0.2) is 96.0 Å². The first-order valence-corrected chi connectivity index (χ1v) is 15.6. The molecule has 1 amide bonds. The minimum atomic E-state index is -2.28. The molecule has 1 saturated heterocycles. The third kappa shape index (κ3) is 5.37. The lowest BCUT2D eigenvalue weighted by molar-refractivity contribution is 0.0255. The zero-order valence-corrected chi connectivity index (χ0v) is 23.2. The van der Waals surface area contributed by atoms with Gasteiger partial charge in [0.15, 0.2) is 0 Å². The molecule has 0 N–H and O–H groups in total. The van der Waals surface area contributed by atoms with E-state index in [4.69, 9.17) is 26.3 Å². The molecule has 1 fully saturated rings. The van der Waals surface area contributed by atoms with Crippen LogP contribution in [0.25, 0.3) is 0 Å². The van der Waals surface area contributed by atoms with Crippen molar-refractivity contribution in [1.29, 1.82) is 0 Å². The van der Waals surface area contributed by atoms with Crippen LogP contribution in [0, 0.1) is 0 Å². The van der Waals surface area contributed by atoms with E-state index in [0.29, 0.717) is 25.5 Å². The Morgan fingerprint density at radius 2 is 1.49 bits per heavy atom. The fourth-order valence-electron chi connectivity index (χ4n) is 5.12. The molecule has 0 spiro atoms. The molecule has 2 aliphatic rings. The number of amides is 1. The summed E-state index contributed by atoms with van der Waals surface area (Å²) in [6.45, 7) is 6.63. The van der Waals surface area contributed by atoms with Crippen molar-refractivity contribution in [3.05, 3.63) is 96.6 Å². The van der Waals surface area contributed by atoms with Gasteiger partial charge in [-0.2, -0.15) is 0 Å². The van der Waals surface area contributed by atoms with E-state index in [2.05, 4.69) is 36.4 Å². The number of rotatable bonds is 5. The average Bonchev–Trinajstić information content (AvgIpc) is 3.57. The van der Waals surface area contributed by atoms with Gasteiger partial charge >= 0.3 is 6.09 Å². The van der Waals surface area contributed by atoms with Crippen molar-refractivity contribution in [1.82, 2.24) is 4.90 Å². The second-order valence-corrected chi connectivity index (χ2v) is 15.4. The summed E-state index contributed by atoms with van der Waals surface area (Å²) in [7, 11) is 0. The smallest absolute Gasteiger partial charge is 0.410 e. The van der Waals surface area contributed by atoms with Gasteiger partial charge in [-0.1, -0.05) is 103 Å². The summed E-state index contributed by atoms with van der Waals surface area (Å²) >= 11 is 6.62. The Morgan fingerprint density at radius 1 is 0.946 bits per heavy atom. The Hall–Kier alpha value is -2.95. The molecule has 0 radical (unpaired) electrons. The lowest BCUT2D eigenvalue weighted by atomic mass is 10.1. The van der Waals surface area contributed by atoms with Gasteiger partial charge in [0.25, 0.3) is 0 Å². The van der Waals surface area contributed by atoms with Gasteiger partial charge in [0.2, 0.25) is 5.90 Å². The fraction of sp³-hybridized carbons (Fsp3) is 0.333. The van der Waals surface area contributed by atoms with Crippen LogP contribution in [0.5, 0.6) is 0 Å². The van der Waals surface area contributed by atoms with Crippen LogP contribution >= 0.6 is 6.04 Å². The summed E-state index contributed by atoms with van der Waals surface area (Å²) in [5.74, 6) is 0.602. The van der Waals surface area contributed by atoms with Crippen LogP contribution in [0.2, 0.25) is 0 Å². The van der Waals surface area contributed by atoms with Crippen LogP contribution < -0.4 is 10.6 Å². The topological polar surface area (TPSA) is 51.1 Å². The van der Waals surface area contributed by atoms with Crippen molar-refractivity contribution >= 4 is 40.4 Å². The molecule has 7 heteroatoms. The molecule has 37 heavy (non-hydrogen) atoms. The SMILES string of the molecule is CC(C)(C)OC(=O)N1C[C@@H](P(=S)(c2ccccc2)c2ccccc2)C[C@H]1C1=N[C@@H](c2ccccc2)CO1. The largest absolute Gasteiger partial charge is 0.477 e. The minimum Gasteiger partial charge on any atom is -0.477 e. The maximum absolute atomic E-state index is 13.5. The molecule has 0 aromatic heterocycles. The second kappa shape index (κ2) is 10.4. The predicted molar refractivity (Wildman–Crippen MR) is 154 cm³/mol. The van der Waals surface area contributed by atoms with Gasteiger partial charge in [0.05, 0.1) is 0 Å². The number of carbonyl (C=O) groups excluding carboxylic acids is 1. The van der Waals surface area contributed by atoms with Crippen molar-refractivity contribution in [2.75, 3.05) is 13.2 Å². The van der Waals surface area contributed by atoms with E-state index >= 15 is 0 Å². The molecular formula is C30H33N2O3PS. The van der Waals surface area contributed by atoms with Gasteiger partial charge in [-0.15, -0.1) is 0 Å². The van der Waals surface area contributed by atoms with E-state index in [-0.39, 0.29) is 23.8 Å². The Morgan fingerprint density at radius 3 is 2.03 bits per heavy atom. The first-order valence-electron chi connectivity index (χ1n) is 12.7. The predicted octanol–water partition coefficient (Wildman–Crippen LogP) is 5.66. The van der Waals surface area contributed by atoms with Gasteiger partial charge in [0.1, 0.15) is 24.3 Å². The summed E-state index contributed by atoms with van der Waals surface area (Å²) in [5, 5.41) is 2.31. The molecule has 192 valence electrons. The molecule has 3 atom stereocenters. The van der Waals surface area contributed by atoms with E-state index in [9.17, 15) is 4.79 Å². The van der Waals surface area contributed by atoms with Gasteiger partial charge < -0.3 is 9.47 Å². The summed E-state index contributed by atoms with van der Waals surface area (Å²) in [4.78, 5) is 20.3. The third-order valence-electron chi connectivity index (χ3n) is 6.84. The highest BCUT2D eigenvalue weighted by molar-refractivity contribution is 8.22. The summed E-state index contributed by atoms with van der Waals surface area (Å²) < 4.78 is 12.0. The average molecular weight is 533 g/mol. The zero-order chi connectivity index (χ0) is 26.0. The maximum atomic E-state index is 13.5. The molecule has 2 heterocycles. The third-order valence-corrected chi connectivity index (χ3v) is 12.5. The summed E-state index contributed by atoms with van der Waals surface area (Å²) in [6, 6.07) is 28.2.